The van der Waals surface area contributed by atoms with Crippen molar-refractivity contribution in [3.8, 4) is 11.3 Å². The van der Waals surface area contributed by atoms with E-state index < -0.39 is 0 Å². The summed E-state index contributed by atoms with van der Waals surface area (Å²) in [6.45, 7) is 0. The van der Waals surface area contributed by atoms with Crippen molar-refractivity contribution in [2.75, 3.05) is 11.1 Å². The Bertz CT molecular complexity index is 852. The number of nitrogens with one attached hydrogen (secondary N) is 1. The van der Waals surface area contributed by atoms with Gasteiger partial charge in [0.15, 0.2) is 5.76 Å². The summed E-state index contributed by atoms with van der Waals surface area (Å²) in [5, 5.41) is 3.67. The van der Waals surface area contributed by atoms with E-state index >= 15 is 0 Å². The Balaban J connectivity index is 1.57. The van der Waals surface area contributed by atoms with Crippen molar-refractivity contribution >= 4 is 35.0 Å². The number of hydrogen-bond donors (Lipinski definition) is 1. The Labute approximate surface area is 147 Å². The zero-order chi connectivity index (χ0) is 16.9. The Morgan fingerprint density at radius 2 is 2.04 bits per heavy atom. The van der Waals surface area contributed by atoms with Gasteiger partial charge in [0.25, 0.3) is 5.22 Å². The molecule has 0 atom stereocenters. The second-order valence-corrected chi connectivity index (χ2v) is 6.21. The largest absolute Gasteiger partial charge is 0.431 e. The zero-order valence-corrected chi connectivity index (χ0v) is 13.9. The van der Waals surface area contributed by atoms with Crippen molar-refractivity contribution in [3.05, 3.63) is 65.6 Å². The second kappa shape index (κ2) is 7.51. The van der Waals surface area contributed by atoms with Crippen LogP contribution in [-0.2, 0) is 4.79 Å². The molecule has 1 aromatic heterocycles. The molecule has 3 rings (SSSR count). The van der Waals surface area contributed by atoms with Crippen molar-refractivity contribution in [1.29, 1.82) is 0 Å². The number of aromatic nitrogens is 1. The van der Waals surface area contributed by atoms with Crippen LogP contribution >= 0.6 is 23.4 Å². The Morgan fingerprint density at radius 3 is 2.79 bits per heavy atom. The summed E-state index contributed by atoms with van der Waals surface area (Å²) < 4.78 is 18.5. The van der Waals surface area contributed by atoms with Crippen LogP contribution in [0.5, 0.6) is 0 Å². The number of anilines is 1. The van der Waals surface area contributed by atoms with E-state index in [4.69, 9.17) is 16.0 Å². The first-order valence-electron chi connectivity index (χ1n) is 7.00. The average Bonchev–Trinajstić information content (AvgIpc) is 3.03. The van der Waals surface area contributed by atoms with E-state index in [1.54, 1.807) is 42.6 Å². The molecular weight excluding hydrogens is 351 g/mol. The molecule has 1 N–H and O–H groups in total. The summed E-state index contributed by atoms with van der Waals surface area (Å²) in [5.41, 5.74) is 1.35. The summed E-state index contributed by atoms with van der Waals surface area (Å²) in [5.74, 6) is 0.165. The first kappa shape index (κ1) is 16.5. The Morgan fingerprint density at radius 1 is 1.25 bits per heavy atom. The highest BCUT2D eigenvalue weighted by atomic mass is 35.5. The molecular formula is C17H12ClFN2O2S. The molecule has 1 amide bonds. The van der Waals surface area contributed by atoms with Crippen LogP contribution in [0.25, 0.3) is 11.3 Å². The van der Waals surface area contributed by atoms with Crippen molar-refractivity contribution in [2.24, 2.45) is 0 Å². The summed E-state index contributed by atoms with van der Waals surface area (Å²) in [7, 11) is 0. The smallest absolute Gasteiger partial charge is 0.256 e. The van der Waals surface area contributed by atoms with Gasteiger partial charge in [-0.05, 0) is 42.5 Å². The SMILES string of the molecule is O=C(CSc1ncc(-c2ccc(F)cc2)o1)Nc1cccc(Cl)c1. The van der Waals surface area contributed by atoms with Crippen LogP contribution < -0.4 is 5.32 Å². The number of amides is 1. The van der Waals surface area contributed by atoms with Gasteiger partial charge in [-0.1, -0.05) is 29.4 Å². The van der Waals surface area contributed by atoms with E-state index in [1.807, 2.05) is 0 Å². The van der Waals surface area contributed by atoms with Gasteiger partial charge in [-0.3, -0.25) is 4.79 Å². The highest BCUT2D eigenvalue weighted by Gasteiger charge is 2.10. The maximum atomic E-state index is 12.9. The van der Waals surface area contributed by atoms with Crippen LogP contribution in [0.1, 0.15) is 0 Å². The quantitative estimate of drug-likeness (QED) is 0.658. The maximum Gasteiger partial charge on any atom is 0.256 e. The van der Waals surface area contributed by atoms with E-state index in [1.165, 1.54) is 23.9 Å². The van der Waals surface area contributed by atoms with Crippen molar-refractivity contribution in [1.82, 2.24) is 4.98 Å². The monoisotopic (exact) mass is 362 g/mol. The van der Waals surface area contributed by atoms with Crippen molar-refractivity contribution in [3.63, 3.8) is 0 Å². The van der Waals surface area contributed by atoms with Gasteiger partial charge in [0.05, 0.1) is 11.9 Å². The standard InChI is InChI=1S/C17H12ClFN2O2S/c18-12-2-1-3-14(8-12)21-16(22)10-24-17-20-9-15(23-17)11-4-6-13(19)7-5-11/h1-9H,10H2,(H,21,22). The minimum atomic E-state index is -0.314. The zero-order valence-electron chi connectivity index (χ0n) is 12.3. The van der Waals surface area contributed by atoms with E-state index in [2.05, 4.69) is 10.3 Å². The number of thioether (sulfide) groups is 1. The molecule has 0 bridgehead atoms. The molecule has 0 aliphatic carbocycles. The van der Waals surface area contributed by atoms with Gasteiger partial charge in [0, 0.05) is 16.3 Å². The van der Waals surface area contributed by atoms with E-state index in [-0.39, 0.29) is 17.5 Å². The molecule has 122 valence electrons. The van der Waals surface area contributed by atoms with Gasteiger partial charge >= 0.3 is 0 Å². The number of oxazole rings is 1. The fourth-order valence-corrected chi connectivity index (χ4v) is 2.76. The topological polar surface area (TPSA) is 55.1 Å². The van der Waals surface area contributed by atoms with Gasteiger partial charge in [-0.15, -0.1) is 0 Å². The third kappa shape index (κ3) is 4.37. The molecule has 7 heteroatoms. The van der Waals surface area contributed by atoms with Crippen LogP contribution in [0, 0.1) is 5.82 Å². The molecule has 0 unspecified atom stereocenters. The molecule has 0 aliphatic rings. The van der Waals surface area contributed by atoms with E-state index in [0.29, 0.717) is 21.7 Å². The lowest BCUT2D eigenvalue weighted by molar-refractivity contribution is -0.113. The molecule has 4 nitrogen and oxygen atoms in total. The lowest BCUT2D eigenvalue weighted by Crippen LogP contribution is -2.13. The molecule has 0 radical (unpaired) electrons. The normalized spacial score (nSPS) is 10.6. The summed E-state index contributed by atoms with van der Waals surface area (Å²) in [4.78, 5) is 16.0. The molecule has 0 saturated heterocycles. The molecule has 3 aromatic rings. The van der Waals surface area contributed by atoms with Crippen LogP contribution in [0.4, 0.5) is 10.1 Å². The summed E-state index contributed by atoms with van der Waals surface area (Å²) in [6, 6.07) is 12.8. The van der Waals surface area contributed by atoms with Crippen LogP contribution in [0.15, 0.2) is 64.4 Å². The lowest BCUT2D eigenvalue weighted by Gasteiger charge is -2.04. The maximum absolute atomic E-state index is 12.9. The van der Waals surface area contributed by atoms with Crippen molar-refractivity contribution in [2.45, 2.75) is 5.22 Å². The minimum Gasteiger partial charge on any atom is -0.431 e. The lowest BCUT2D eigenvalue weighted by atomic mass is 10.2. The van der Waals surface area contributed by atoms with Gasteiger partial charge in [0.2, 0.25) is 5.91 Å². The molecule has 0 fully saturated rings. The summed E-state index contributed by atoms with van der Waals surface area (Å²) >= 11 is 7.04. The fourth-order valence-electron chi connectivity index (χ4n) is 1.96. The molecule has 0 saturated carbocycles. The first-order chi connectivity index (χ1) is 11.6. The van der Waals surface area contributed by atoms with Crippen LogP contribution in [0.2, 0.25) is 5.02 Å². The Hall–Kier alpha value is -2.31. The summed E-state index contributed by atoms with van der Waals surface area (Å²) in [6.07, 6.45) is 1.55. The molecule has 1 heterocycles. The molecule has 0 spiro atoms. The molecule has 2 aromatic carbocycles. The first-order valence-corrected chi connectivity index (χ1v) is 8.36. The van der Waals surface area contributed by atoms with Crippen LogP contribution in [-0.4, -0.2) is 16.6 Å². The number of benzene rings is 2. The fraction of sp³-hybridized carbons (Fsp3) is 0.0588. The second-order valence-electron chi connectivity index (χ2n) is 4.84. The number of carbonyl (C=O) groups is 1. The molecule has 0 aliphatic heterocycles. The highest BCUT2D eigenvalue weighted by Crippen LogP contribution is 2.25. The highest BCUT2D eigenvalue weighted by molar-refractivity contribution is 7.99. The third-order valence-corrected chi connectivity index (χ3v) is 4.13. The number of nitrogens with zero attached hydrogens (tertiary/aromatic N) is 1. The molecule has 24 heavy (non-hydrogen) atoms. The van der Waals surface area contributed by atoms with Crippen molar-refractivity contribution < 1.29 is 13.6 Å². The predicted octanol–water partition coefficient (Wildman–Crippen LogP) is 4.86. The Kier molecular flexibility index (Phi) is 5.17. The van der Waals surface area contributed by atoms with Gasteiger partial charge in [-0.2, -0.15) is 0 Å². The minimum absolute atomic E-state index is 0.149. The van der Waals surface area contributed by atoms with E-state index in [0.717, 1.165) is 5.56 Å². The third-order valence-electron chi connectivity index (χ3n) is 3.05. The number of rotatable bonds is 5. The predicted molar refractivity (Wildman–Crippen MR) is 92.7 cm³/mol. The number of hydrogen-bond acceptors (Lipinski definition) is 4. The number of carbonyl (C=O) groups excluding carboxylic acids is 1. The van der Waals surface area contributed by atoms with Gasteiger partial charge in [-0.25, -0.2) is 9.37 Å². The van der Waals surface area contributed by atoms with Gasteiger partial charge < -0.3 is 9.73 Å². The van der Waals surface area contributed by atoms with E-state index in [9.17, 15) is 9.18 Å². The van der Waals surface area contributed by atoms with Gasteiger partial charge in [0.1, 0.15) is 5.82 Å². The van der Waals surface area contributed by atoms with Crippen LogP contribution in [0.3, 0.4) is 0 Å². The average molecular weight is 363 g/mol. The number of halogens is 2.